The summed E-state index contributed by atoms with van der Waals surface area (Å²) in [6, 6.07) is 23.8. The molecule has 0 fully saturated rings. The Morgan fingerprint density at radius 3 is 2.39 bits per heavy atom. The Morgan fingerprint density at radius 2 is 1.74 bits per heavy atom. The average Bonchev–Trinajstić information content (AvgIpc) is 3.37. The van der Waals surface area contributed by atoms with Crippen molar-refractivity contribution in [1.82, 2.24) is 0 Å². The highest BCUT2D eigenvalue weighted by atomic mass is 32.2. The molecular formula is C29H26N4O3S2. The largest absolute Gasteiger partial charge is 0.378 e. The highest BCUT2D eigenvalue weighted by Gasteiger charge is 2.24. The number of thiophene rings is 1. The van der Waals surface area contributed by atoms with Gasteiger partial charge in [-0.1, -0.05) is 30.3 Å². The van der Waals surface area contributed by atoms with Crippen LogP contribution >= 0.6 is 11.3 Å². The maximum atomic E-state index is 11.3. The van der Waals surface area contributed by atoms with Gasteiger partial charge in [0.05, 0.1) is 5.75 Å². The van der Waals surface area contributed by atoms with Gasteiger partial charge in [0.2, 0.25) is 0 Å². The number of benzene rings is 2. The third kappa shape index (κ3) is 6.21. The standard InChI is InChI=1S/C29H26N4O3S2/c1-32(2)23-10-8-21(9-11-23)29-15-14-25(37-29)13-12-24-18-27(22(19-30)20-31)26-6-3-4-7-28(26)33(24)16-5-17-38(34,35)36/h3-4,6-15,18H,5,16-17H2,1-2H3,(H,34,35,36)/b13-12+. The van der Waals surface area contributed by atoms with Gasteiger partial charge in [0.1, 0.15) is 17.7 Å². The molecule has 1 aliphatic heterocycles. The Labute approximate surface area is 227 Å². The molecular weight excluding hydrogens is 516 g/mol. The van der Waals surface area contributed by atoms with E-state index in [1.165, 1.54) is 0 Å². The molecule has 192 valence electrons. The van der Waals surface area contributed by atoms with Gasteiger partial charge in [-0.05, 0) is 60.5 Å². The van der Waals surface area contributed by atoms with Crippen LogP contribution in [0, 0.1) is 22.7 Å². The third-order valence-corrected chi connectivity index (χ3v) is 7.98. The topological polar surface area (TPSA) is 108 Å². The van der Waals surface area contributed by atoms with E-state index in [0.717, 1.165) is 26.7 Å². The van der Waals surface area contributed by atoms with Crippen LogP contribution in [0.25, 0.3) is 22.1 Å². The fourth-order valence-corrected chi connectivity index (χ4v) is 5.62. The van der Waals surface area contributed by atoms with Crippen LogP contribution in [0.1, 0.15) is 16.9 Å². The van der Waals surface area contributed by atoms with E-state index in [4.69, 9.17) is 0 Å². The Hall–Kier alpha value is -4.15. The van der Waals surface area contributed by atoms with Crippen molar-refractivity contribution in [3.63, 3.8) is 0 Å². The van der Waals surface area contributed by atoms with Crippen molar-refractivity contribution in [2.75, 3.05) is 36.2 Å². The molecule has 3 aromatic rings. The van der Waals surface area contributed by atoms with Gasteiger partial charge in [-0.25, -0.2) is 0 Å². The van der Waals surface area contributed by atoms with Crippen molar-refractivity contribution >= 4 is 44.5 Å². The number of rotatable bonds is 8. The van der Waals surface area contributed by atoms with Crippen LogP contribution < -0.4 is 9.80 Å². The first-order chi connectivity index (χ1) is 18.2. The predicted molar refractivity (Wildman–Crippen MR) is 154 cm³/mol. The third-order valence-electron chi connectivity index (χ3n) is 6.08. The summed E-state index contributed by atoms with van der Waals surface area (Å²) < 4.78 is 31.9. The summed E-state index contributed by atoms with van der Waals surface area (Å²) in [7, 11) is -0.0906. The molecule has 9 heteroatoms. The normalized spacial score (nSPS) is 13.0. The molecule has 0 unspecified atom stereocenters. The van der Waals surface area contributed by atoms with Crippen molar-refractivity contribution in [3.05, 3.63) is 94.5 Å². The zero-order chi connectivity index (χ0) is 27.3. The van der Waals surface area contributed by atoms with Crippen LogP contribution in [0.2, 0.25) is 0 Å². The van der Waals surface area contributed by atoms with Gasteiger partial charge in [-0.15, -0.1) is 11.3 Å². The molecule has 4 rings (SSSR count). The SMILES string of the molecule is CN(C)c1ccc(-c2ccc(/C=C/C3=CC(=C(C#N)C#N)c4ccccc4N3CCCS(=O)(=O)O)s2)cc1. The first-order valence-corrected chi connectivity index (χ1v) is 14.3. The van der Waals surface area contributed by atoms with Crippen molar-refractivity contribution in [1.29, 1.82) is 10.5 Å². The second-order valence-electron chi connectivity index (χ2n) is 8.87. The molecule has 0 saturated carbocycles. The van der Waals surface area contributed by atoms with E-state index in [1.807, 2.05) is 73.6 Å². The van der Waals surface area contributed by atoms with Crippen LogP contribution in [0.15, 0.2) is 84.1 Å². The molecule has 2 aromatic carbocycles. The lowest BCUT2D eigenvalue weighted by Crippen LogP contribution is -2.28. The summed E-state index contributed by atoms with van der Waals surface area (Å²) in [6.45, 7) is 0.322. The van der Waals surface area contributed by atoms with Crippen LogP contribution in [0.5, 0.6) is 0 Å². The van der Waals surface area contributed by atoms with E-state index in [1.54, 1.807) is 17.4 Å². The molecule has 1 aliphatic rings. The van der Waals surface area contributed by atoms with Gasteiger partial charge < -0.3 is 9.80 Å². The zero-order valence-corrected chi connectivity index (χ0v) is 22.6. The van der Waals surface area contributed by atoms with Crippen LogP contribution in [0.4, 0.5) is 11.4 Å². The van der Waals surface area contributed by atoms with Gasteiger partial charge >= 0.3 is 0 Å². The van der Waals surface area contributed by atoms with Crippen molar-refractivity contribution < 1.29 is 13.0 Å². The van der Waals surface area contributed by atoms with Crippen molar-refractivity contribution in [2.45, 2.75) is 6.42 Å². The van der Waals surface area contributed by atoms with Gasteiger partial charge in [0.15, 0.2) is 0 Å². The Morgan fingerprint density at radius 1 is 1.03 bits per heavy atom. The fourth-order valence-electron chi connectivity index (χ4n) is 4.21. The van der Waals surface area contributed by atoms with E-state index in [0.29, 0.717) is 23.4 Å². The highest BCUT2D eigenvalue weighted by Crippen LogP contribution is 2.38. The molecule has 0 amide bonds. The molecule has 1 aromatic heterocycles. The molecule has 0 atom stereocenters. The van der Waals surface area contributed by atoms with E-state index in [-0.39, 0.29) is 17.7 Å². The number of allylic oxidation sites excluding steroid dienone is 4. The summed E-state index contributed by atoms with van der Waals surface area (Å²) in [5.74, 6) is -0.367. The summed E-state index contributed by atoms with van der Waals surface area (Å²) >= 11 is 1.64. The molecule has 0 spiro atoms. The van der Waals surface area contributed by atoms with Crippen LogP contribution in [0.3, 0.4) is 0 Å². The molecule has 2 heterocycles. The average molecular weight is 543 g/mol. The second-order valence-corrected chi connectivity index (χ2v) is 11.6. The molecule has 7 nitrogen and oxygen atoms in total. The number of nitrogens with zero attached hydrogens (tertiary/aromatic N) is 4. The van der Waals surface area contributed by atoms with Crippen LogP contribution in [-0.4, -0.2) is 39.4 Å². The number of para-hydroxylation sites is 1. The molecule has 1 N–H and O–H groups in total. The first-order valence-electron chi connectivity index (χ1n) is 11.8. The molecule has 38 heavy (non-hydrogen) atoms. The lowest BCUT2D eigenvalue weighted by Gasteiger charge is -2.32. The Bertz CT molecular complexity index is 1600. The number of fused-ring (bicyclic) bond motifs is 1. The quantitative estimate of drug-likeness (QED) is 0.276. The highest BCUT2D eigenvalue weighted by molar-refractivity contribution is 7.85. The number of hydrogen-bond donors (Lipinski definition) is 1. The maximum absolute atomic E-state index is 11.3. The van der Waals surface area contributed by atoms with E-state index in [9.17, 15) is 23.5 Å². The predicted octanol–water partition coefficient (Wildman–Crippen LogP) is 5.98. The Balaban J connectivity index is 1.69. The molecule has 0 radical (unpaired) electrons. The first kappa shape index (κ1) is 26.9. The zero-order valence-electron chi connectivity index (χ0n) is 21.0. The van der Waals surface area contributed by atoms with Gasteiger partial charge in [-0.2, -0.15) is 18.9 Å². The summed E-state index contributed by atoms with van der Waals surface area (Å²) in [6.07, 6.45) is 5.85. The summed E-state index contributed by atoms with van der Waals surface area (Å²) in [4.78, 5) is 6.14. The summed E-state index contributed by atoms with van der Waals surface area (Å²) in [5, 5.41) is 19.1. The number of nitriles is 2. The molecule has 0 bridgehead atoms. The number of anilines is 2. The van der Waals surface area contributed by atoms with E-state index in [2.05, 4.69) is 35.2 Å². The Kier molecular flexibility index (Phi) is 8.13. The number of hydrogen-bond acceptors (Lipinski definition) is 7. The van der Waals surface area contributed by atoms with Gasteiger partial charge in [0, 0.05) is 58.6 Å². The minimum absolute atomic E-state index is 0.000479. The van der Waals surface area contributed by atoms with Gasteiger partial charge in [0.25, 0.3) is 10.1 Å². The smallest absolute Gasteiger partial charge is 0.264 e. The molecule has 0 aliphatic carbocycles. The lowest BCUT2D eigenvalue weighted by molar-refractivity contribution is 0.481. The van der Waals surface area contributed by atoms with Crippen molar-refractivity contribution in [2.24, 2.45) is 0 Å². The van der Waals surface area contributed by atoms with E-state index < -0.39 is 10.1 Å². The van der Waals surface area contributed by atoms with Gasteiger partial charge in [-0.3, -0.25) is 4.55 Å². The minimum atomic E-state index is -4.10. The molecule has 0 saturated heterocycles. The van der Waals surface area contributed by atoms with E-state index >= 15 is 0 Å². The minimum Gasteiger partial charge on any atom is -0.378 e. The monoisotopic (exact) mass is 542 g/mol. The van der Waals surface area contributed by atoms with Crippen LogP contribution in [-0.2, 0) is 10.1 Å². The fraction of sp³-hybridized carbons (Fsp3) is 0.172. The summed E-state index contributed by atoms with van der Waals surface area (Å²) in [5.41, 5.74) is 4.95. The maximum Gasteiger partial charge on any atom is 0.264 e. The van der Waals surface area contributed by atoms with Crippen molar-refractivity contribution in [3.8, 4) is 22.6 Å². The second kappa shape index (κ2) is 11.5. The lowest BCUT2D eigenvalue weighted by atomic mass is 9.93.